The minimum atomic E-state index is -0.0410. The summed E-state index contributed by atoms with van der Waals surface area (Å²) in [6.45, 7) is 22.0. The molecule has 2 atom stereocenters. The van der Waals surface area contributed by atoms with Crippen molar-refractivity contribution >= 4 is 0 Å². The van der Waals surface area contributed by atoms with Crippen LogP contribution in [0, 0.1) is 28.1 Å². The molecule has 0 spiro atoms. The first-order valence-corrected chi connectivity index (χ1v) is 11.5. The van der Waals surface area contributed by atoms with Crippen molar-refractivity contribution in [2.24, 2.45) is 33.8 Å². The average Bonchev–Trinajstić information content (AvgIpc) is 2.38. The van der Waals surface area contributed by atoms with Gasteiger partial charge >= 0.3 is 0 Å². The monoisotopic (exact) mass is 365 g/mol. The van der Waals surface area contributed by atoms with Crippen molar-refractivity contribution in [1.29, 1.82) is 0 Å². The van der Waals surface area contributed by atoms with Gasteiger partial charge in [0.15, 0.2) is 0 Å². The normalized spacial score (nSPS) is 27.0. The van der Waals surface area contributed by atoms with Crippen LogP contribution in [0.2, 0.25) is 0 Å². The molecule has 1 fully saturated rings. The van der Waals surface area contributed by atoms with Crippen LogP contribution in [0.4, 0.5) is 0 Å². The summed E-state index contributed by atoms with van der Waals surface area (Å²) in [5.41, 5.74) is 7.64. The third-order valence-electron chi connectivity index (χ3n) is 7.02. The van der Waals surface area contributed by atoms with Gasteiger partial charge in [-0.15, -0.1) is 0 Å². The molecule has 1 rings (SSSR count). The third kappa shape index (κ3) is 7.91. The summed E-state index contributed by atoms with van der Waals surface area (Å²) in [5.74, 6) is 1.58. The Morgan fingerprint density at radius 3 is 2.08 bits per heavy atom. The van der Waals surface area contributed by atoms with Crippen LogP contribution in [-0.4, -0.2) is 5.54 Å². The second kappa shape index (κ2) is 8.97. The third-order valence-corrected chi connectivity index (χ3v) is 7.02. The highest BCUT2D eigenvalue weighted by molar-refractivity contribution is 4.95. The lowest BCUT2D eigenvalue weighted by Gasteiger charge is -2.51. The lowest BCUT2D eigenvalue weighted by Crippen LogP contribution is -2.43. The Labute approximate surface area is 166 Å². The molecule has 26 heavy (non-hydrogen) atoms. The molecule has 2 N–H and O–H groups in total. The van der Waals surface area contributed by atoms with Gasteiger partial charge < -0.3 is 5.73 Å². The number of hydrogen-bond donors (Lipinski definition) is 1. The molecule has 1 heteroatoms. The lowest BCUT2D eigenvalue weighted by molar-refractivity contribution is -0.00828. The number of nitrogens with two attached hydrogens (primary N) is 1. The van der Waals surface area contributed by atoms with Crippen LogP contribution in [0.3, 0.4) is 0 Å². The Bertz CT molecular complexity index is 410. The summed E-state index contributed by atoms with van der Waals surface area (Å²) in [5, 5.41) is 0. The zero-order valence-electron chi connectivity index (χ0n) is 19.8. The van der Waals surface area contributed by atoms with Gasteiger partial charge in [-0.25, -0.2) is 0 Å². The van der Waals surface area contributed by atoms with E-state index in [9.17, 15) is 0 Å². The second-order valence-corrected chi connectivity index (χ2v) is 12.5. The summed E-state index contributed by atoms with van der Waals surface area (Å²) in [6, 6.07) is 0. The van der Waals surface area contributed by atoms with Crippen LogP contribution in [-0.2, 0) is 0 Å². The fourth-order valence-electron chi connectivity index (χ4n) is 6.65. The topological polar surface area (TPSA) is 26.0 Å². The summed E-state index contributed by atoms with van der Waals surface area (Å²) in [7, 11) is 0. The molecule has 2 unspecified atom stereocenters. The molecular formula is C25H51N. The van der Waals surface area contributed by atoms with Gasteiger partial charge in [-0.2, -0.15) is 0 Å². The van der Waals surface area contributed by atoms with E-state index in [4.69, 9.17) is 5.73 Å². The molecule has 0 amide bonds. The van der Waals surface area contributed by atoms with Crippen LogP contribution in [0.15, 0.2) is 0 Å². The highest BCUT2D eigenvalue weighted by atomic mass is 14.7. The van der Waals surface area contributed by atoms with E-state index in [0.717, 1.165) is 11.8 Å². The van der Waals surface area contributed by atoms with Gasteiger partial charge in [0.1, 0.15) is 0 Å². The molecule has 1 saturated carbocycles. The van der Waals surface area contributed by atoms with E-state index < -0.39 is 0 Å². The molecular weight excluding hydrogens is 314 g/mol. The van der Waals surface area contributed by atoms with Crippen molar-refractivity contribution in [2.75, 3.05) is 0 Å². The molecule has 0 bridgehead atoms. The highest BCUT2D eigenvalue weighted by Crippen LogP contribution is 2.54. The molecule has 0 heterocycles. The summed E-state index contributed by atoms with van der Waals surface area (Å²) in [6.07, 6.45) is 13.5. The van der Waals surface area contributed by atoms with Gasteiger partial charge in [0, 0.05) is 5.54 Å². The fourth-order valence-corrected chi connectivity index (χ4v) is 6.65. The van der Waals surface area contributed by atoms with E-state index in [1.165, 1.54) is 64.2 Å². The van der Waals surface area contributed by atoms with E-state index in [-0.39, 0.29) is 5.54 Å². The van der Waals surface area contributed by atoms with Crippen molar-refractivity contribution < 1.29 is 0 Å². The molecule has 0 aromatic carbocycles. The molecule has 0 aromatic heterocycles. The molecule has 1 nitrogen and oxygen atoms in total. The van der Waals surface area contributed by atoms with Crippen LogP contribution in [0.1, 0.15) is 127 Å². The number of rotatable bonds is 8. The van der Waals surface area contributed by atoms with Crippen LogP contribution < -0.4 is 5.73 Å². The SMILES string of the molecule is CCCCCCC(C)(C)C1CCC(CC(C)(C)N)CC(C)(C)CC1(C)C. The number of unbranched alkanes of at least 4 members (excludes halogenated alkanes) is 3. The van der Waals surface area contributed by atoms with Crippen molar-refractivity contribution in [3.05, 3.63) is 0 Å². The maximum Gasteiger partial charge on any atom is 0.00996 e. The zero-order chi connectivity index (χ0) is 20.2. The summed E-state index contributed by atoms with van der Waals surface area (Å²) in [4.78, 5) is 0. The van der Waals surface area contributed by atoms with E-state index in [1.807, 2.05) is 0 Å². The predicted octanol–water partition coefficient (Wildman–Crippen LogP) is 7.97. The highest BCUT2D eigenvalue weighted by Gasteiger charge is 2.45. The zero-order valence-corrected chi connectivity index (χ0v) is 19.8. The molecule has 0 aliphatic heterocycles. The molecule has 156 valence electrons. The lowest BCUT2D eigenvalue weighted by atomic mass is 9.54. The van der Waals surface area contributed by atoms with E-state index in [2.05, 4.69) is 62.3 Å². The van der Waals surface area contributed by atoms with Crippen LogP contribution in [0.25, 0.3) is 0 Å². The predicted molar refractivity (Wildman–Crippen MR) is 118 cm³/mol. The minimum Gasteiger partial charge on any atom is -0.326 e. The van der Waals surface area contributed by atoms with Gasteiger partial charge in [0.2, 0.25) is 0 Å². The first kappa shape index (κ1) is 24.0. The molecule has 0 saturated heterocycles. The first-order valence-electron chi connectivity index (χ1n) is 11.5. The molecule has 0 aromatic rings. The summed E-state index contributed by atoms with van der Waals surface area (Å²) >= 11 is 0. The molecule has 0 radical (unpaired) electrons. The first-order chi connectivity index (χ1) is 11.7. The van der Waals surface area contributed by atoms with Gasteiger partial charge in [-0.3, -0.25) is 0 Å². The van der Waals surface area contributed by atoms with Gasteiger partial charge in [-0.05, 0) is 74.0 Å². The van der Waals surface area contributed by atoms with Gasteiger partial charge in [0.05, 0.1) is 0 Å². The molecule has 1 aliphatic rings. The van der Waals surface area contributed by atoms with Crippen LogP contribution >= 0.6 is 0 Å². The Hall–Kier alpha value is -0.0400. The minimum absolute atomic E-state index is 0.0410. The van der Waals surface area contributed by atoms with E-state index >= 15 is 0 Å². The Morgan fingerprint density at radius 1 is 0.923 bits per heavy atom. The van der Waals surface area contributed by atoms with Crippen molar-refractivity contribution in [1.82, 2.24) is 0 Å². The van der Waals surface area contributed by atoms with Crippen LogP contribution in [0.5, 0.6) is 0 Å². The summed E-state index contributed by atoms with van der Waals surface area (Å²) < 4.78 is 0. The van der Waals surface area contributed by atoms with Gasteiger partial charge in [-0.1, -0.05) is 80.6 Å². The Kier molecular flexibility index (Phi) is 8.28. The van der Waals surface area contributed by atoms with Gasteiger partial charge in [0.25, 0.3) is 0 Å². The number of hydrogen-bond acceptors (Lipinski definition) is 1. The molecule has 1 aliphatic carbocycles. The Morgan fingerprint density at radius 2 is 1.54 bits per heavy atom. The smallest absolute Gasteiger partial charge is 0.00996 e. The standard InChI is InChI=1S/C25H51N/c1-10-11-12-13-16-23(4,5)21-15-14-20(18-25(8,9)26)17-22(2,3)19-24(21,6)7/h20-21H,10-19,26H2,1-9H3. The Balaban J connectivity index is 2.94. The van der Waals surface area contributed by atoms with E-state index in [1.54, 1.807) is 0 Å². The second-order valence-electron chi connectivity index (χ2n) is 12.5. The fraction of sp³-hybridized carbons (Fsp3) is 1.00. The van der Waals surface area contributed by atoms with E-state index in [0.29, 0.717) is 16.2 Å². The quantitative estimate of drug-likeness (QED) is 0.433. The maximum absolute atomic E-state index is 6.41. The van der Waals surface area contributed by atoms with Crippen molar-refractivity contribution in [3.8, 4) is 0 Å². The maximum atomic E-state index is 6.41. The largest absolute Gasteiger partial charge is 0.326 e. The van der Waals surface area contributed by atoms with Crippen molar-refractivity contribution in [3.63, 3.8) is 0 Å². The van der Waals surface area contributed by atoms with Crippen molar-refractivity contribution in [2.45, 2.75) is 132 Å². The average molecular weight is 366 g/mol.